The molecule has 0 radical (unpaired) electrons. The number of aromatic nitrogens is 2. The van der Waals surface area contributed by atoms with Gasteiger partial charge >= 0.3 is 0 Å². The summed E-state index contributed by atoms with van der Waals surface area (Å²) in [6, 6.07) is 0. The van der Waals surface area contributed by atoms with E-state index in [2.05, 4.69) is 21.1 Å². The molecule has 1 saturated heterocycles. The first kappa shape index (κ1) is 12.7. The molecule has 7 nitrogen and oxygen atoms in total. The summed E-state index contributed by atoms with van der Waals surface area (Å²) in [6.07, 6.45) is 4.48. The smallest absolute Gasteiger partial charge is 0.225 e. The molecule has 0 unspecified atom stereocenters. The van der Waals surface area contributed by atoms with Crippen LogP contribution in [0.1, 0.15) is 29.9 Å². The average molecular weight is 272 g/mol. The van der Waals surface area contributed by atoms with Gasteiger partial charge in [-0.25, -0.2) is 9.97 Å². The number of carbonyl (C=O) groups is 1. The Labute approximate surface area is 117 Å². The predicted molar refractivity (Wildman–Crippen MR) is 71.2 cm³/mol. The van der Waals surface area contributed by atoms with Crippen LogP contribution in [0.5, 0.6) is 0 Å². The molecule has 20 heavy (non-hydrogen) atoms. The highest BCUT2D eigenvalue weighted by Crippen LogP contribution is 2.30. The Bertz CT molecular complexity index is 587. The first-order valence-electron chi connectivity index (χ1n) is 6.74. The second-order valence-electron chi connectivity index (χ2n) is 5.18. The van der Waals surface area contributed by atoms with Gasteiger partial charge in [0.15, 0.2) is 6.19 Å². The highest BCUT2D eigenvalue weighted by Gasteiger charge is 2.28. The van der Waals surface area contributed by atoms with Crippen molar-refractivity contribution in [2.45, 2.75) is 32.4 Å². The van der Waals surface area contributed by atoms with Crippen LogP contribution in [-0.2, 0) is 24.3 Å². The van der Waals surface area contributed by atoms with E-state index in [0.717, 1.165) is 43.0 Å². The lowest BCUT2D eigenvalue weighted by Crippen LogP contribution is -2.23. The third-order valence-corrected chi connectivity index (χ3v) is 3.69. The van der Waals surface area contributed by atoms with Crippen LogP contribution < -0.4 is 10.6 Å². The highest BCUT2D eigenvalue weighted by atomic mass is 16.1. The normalized spacial score (nSPS) is 17.1. The van der Waals surface area contributed by atoms with Crippen molar-refractivity contribution in [3.05, 3.63) is 17.1 Å². The van der Waals surface area contributed by atoms with Crippen molar-refractivity contribution in [2.24, 2.45) is 5.73 Å². The van der Waals surface area contributed by atoms with Crippen molar-refractivity contribution in [3.8, 4) is 6.19 Å². The fourth-order valence-corrected chi connectivity index (χ4v) is 2.78. The fraction of sp³-hybridized carbons (Fsp3) is 0.538. The topological polar surface area (TPSA) is 99.1 Å². The van der Waals surface area contributed by atoms with Crippen LogP contribution in [0.25, 0.3) is 0 Å². The maximum atomic E-state index is 11.1. The quantitative estimate of drug-likeness (QED) is 0.771. The van der Waals surface area contributed by atoms with E-state index in [1.807, 2.05) is 0 Å². The lowest BCUT2D eigenvalue weighted by Gasteiger charge is -2.20. The Hall–Kier alpha value is -2.36. The summed E-state index contributed by atoms with van der Waals surface area (Å²) in [5.41, 5.74) is 7.09. The largest absolute Gasteiger partial charge is 0.369 e. The van der Waals surface area contributed by atoms with Crippen molar-refractivity contribution >= 4 is 11.7 Å². The molecule has 2 N–H and O–H groups in total. The molecule has 0 saturated carbocycles. The number of fused-ring (bicyclic) bond motifs is 1. The van der Waals surface area contributed by atoms with Crippen molar-refractivity contribution in [2.75, 3.05) is 18.0 Å². The maximum absolute atomic E-state index is 11.1. The van der Waals surface area contributed by atoms with Crippen molar-refractivity contribution in [1.29, 1.82) is 5.26 Å². The van der Waals surface area contributed by atoms with Gasteiger partial charge in [-0.15, -0.1) is 0 Å². The Morgan fingerprint density at radius 1 is 1.30 bits per heavy atom. The molecule has 2 aliphatic heterocycles. The van der Waals surface area contributed by atoms with Crippen LogP contribution >= 0.6 is 0 Å². The van der Waals surface area contributed by atoms with Crippen molar-refractivity contribution in [3.63, 3.8) is 0 Å². The van der Waals surface area contributed by atoms with Crippen LogP contribution in [0.2, 0.25) is 0 Å². The van der Waals surface area contributed by atoms with Gasteiger partial charge in [-0.2, -0.15) is 5.26 Å². The van der Waals surface area contributed by atoms with E-state index >= 15 is 0 Å². The molecule has 104 valence electrons. The maximum Gasteiger partial charge on any atom is 0.225 e. The van der Waals surface area contributed by atoms with Gasteiger partial charge in [0, 0.05) is 18.7 Å². The van der Waals surface area contributed by atoms with Crippen LogP contribution in [0.3, 0.4) is 0 Å². The third-order valence-electron chi connectivity index (χ3n) is 3.69. The van der Waals surface area contributed by atoms with E-state index in [0.29, 0.717) is 18.9 Å². The summed E-state index contributed by atoms with van der Waals surface area (Å²) in [5, 5.41) is 9.05. The van der Waals surface area contributed by atoms with Crippen molar-refractivity contribution < 1.29 is 4.79 Å². The van der Waals surface area contributed by atoms with Crippen LogP contribution in [0.4, 0.5) is 5.82 Å². The summed E-state index contributed by atoms with van der Waals surface area (Å²) >= 11 is 0. The summed E-state index contributed by atoms with van der Waals surface area (Å²) in [6.45, 7) is 2.97. The minimum absolute atomic E-state index is 0.0423. The number of anilines is 1. The van der Waals surface area contributed by atoms with E-state index in [9.17, 15) is 4.79 Å². The summed E-state index contributed by atoms with van der Waals surface area (Å²) in [7, 11) is 0. The standard InChI is InChI=1S/C13H16N6O/c14-8-18-6-9-10(7-18)16-12(5-11(15)20)17-13(9)19-3-1-2-4-19/h1-7H2,(H2,15,20). The molecule has 1 aromatic rings. The zero-order chi connectivity index (χ0) is 14.1. The van der Waals surface area contributed by atoms with E-state index in [4.69, 9.17) is 11.0 Å². The lowest BCUT2D eigenvalue weighted by atomic mass is 10.2. The highest BCUT2D eigenvalue weighted by molar-refractivity contribution is 5.75. The number of nitrogens with zero attached hydrogens (tertiary/aromatic N) is 5. The number of primary amides is 1. The second kappa shape index (κ2) is 4.96. The van der Waals surface area contributed by atoms with Gasteiger partial charge in [-0.3, -0.25) is 4.79 Å². The van der Waals surface area contributed by atoms with Gasteiger partial charge in [-0.1, -0.05) is 0 Å². The molecular formula is C13H16N6O. The number of nitriles is 1. The SMILES string of the molecule is N#CN1Cc2nc(CC(N)=O)nc(N3CCCC3)c2C1. The Morgan fingerprint density at radius 2 is 2.05 bits per heavy atom. The number of carbonyl (C=O) groups excluding carboxylic acids is 1. The molecule has 1 amide bonds. The third kappa shape index (κ3) is 2.25. The molecule has 1 fully saturated rings. The zero-order valence-electron chi connectivity index (χ0n) is 11.2. The number of amides is 1. The number of nitrogens with two attached hydrogens (primary N) is 1. The van der Waals surface area contributed by atoms with Gasteiger partial charge in [0.25, 0.3) is 0 Å². The molecule has 3 heterocycles. The molecule has 3 rings (SSSR count). The van der Waals surface area contributed by atoms with Crippen LogP contribution in [-0.4, -0.2) is 33.9 Å². The lowest BCUT2D eigenvalue weighted by molar-refractivity contribution is -0.117. The number of hydrogen-bond acceptors (Lipinski definition) is 6. The molecule has 0 spiro atoms. The first-order valence-corrected chi connectivity index (χ1v) is 6.74. The zero-order valence-corrected chi connectivity index (χ0v) is 11.2. The Balaban J connectivity index is 2.00. The monoisotopic (exact) mass is 272 g/mol. The van der Waals surface area contributed by atoms with E-state index in [-0.39, 0.29) is 6.42 Å². The van der Waals surface area contributed by atoms with E-state index in [1.165, 1.54) is 0 Å². The van der Waals surface area contributed by atoms with Gasteiger partial charge in [0.1, 0.15) is 11.6 Å². The van der Waals surface area contributed by atoms with Gasteiger partial charge in [0.05, 0.1) is 25.2 Å². The molecule has 0 aliphatic carbocycles. The predicted octanol–water partition coefficient (Wildman–Crippen LogP) is -0.0987. The summed E-state index contributed by atoms with van der Waals surface area (Å²) in [4.78, 5) is 23.9. The van der Waals surface area contributed by atoms with E-state index < -0.39 is 5.91 Å². The summed E-state index contributed by atoms with van der Waals surface area (Å²) in [5.74, 6) is 0.895. The molecule has 0 bridgehead atoms. The molecule has 7 heteroatoms. The molecule has 0 aromatic carbocycles. The second-order valence-corrected chi connectivity index (χ2v) is 5.18. The molecule has 1 aromatic heterocycles. The average Bonchev–Trinajstić information content (AvgIpc) is 3.05. The fourth-order valence-electron chi connectivity index (χ4n) is 2.78. The Morgan fingerprint density at radius 3 is 2.70 bits per heavy atom. The first-order chi connectivity index (χ1) is 9.67. The van der Waals surface area contributed by atoms with Gasteiger partial charge < -0.3 is 15.5 Å². The molecule has 0 atom stereocenters. The number of hydrogen-bond donors (Lipinski definition) is 1. The van der Waals surface area contributed by atoms with Crippen molar-refractivity contribution in [1.82, 2.24) is 14.9 Å². The summed E-state index contributed by atoms with van der Waals surface area (Å²) < 4.78 is 0. The minimum Gasteiger partial charge on any atom is -0.369 e. The van der Waals surface area contributed by atoms with Crippen LogP contribution in [0.15, 0.2) is 0 Å². The van der Waals surface area contributed by atoms with Gasteiger partial charge in [0.2, 0.25) is 5.91 Å². The molecule has 2 aliphatic rings. The van der Waals surface area contributed by atoms with Gasteiger partial charge in [-0.05, 0) is 12.8 Å². The van der Waals surface area contributed by atoms with Crippen LogP contribution in [0, 0.1) is 11.5 Å². The van der Waals surface area contributed by atoms with E-state index in [1.54, 1.807) is 4.90 Å². The minimum atomic E-state index is -0.438. The molecular weight excluding hydrogens is 256 g/mol. The Kier molecular flexibility index (Phi) is 3.14. The number of rotatable bonds is 3.